The van der Waals surface area contributed by atoms with E-state index in [9.17, 15) is 9.18 Å². The lowest BCUT2D eigenvalue weighted by molar-refractivity contribution is 0.555. The lowest BCUT2D eigenvalue weighted by Crippen LogP contribution is -1.97. The summed E-state index contributed by atoms with van der Waals surface area (Å²) in [5, 5.41) is 3.05. The Morgan fingerprint density at radius 1 is 1.21 bits per heavy atom. The van der Waals surface area contributed by atoms with Gasteiger partial charge in [-0.3, -0.25) is 4.98 Å². The molecule has 0 amide bonds. The smallest absolute Gasteiger partial charge is 0.408 e. The fourth-order valence-corrected chi connectivity index (χ4v) is 1.83. The van der Waals surface area contributed by atoms with Crippen LogP contribution in [-0.4, -0.2) is 4.98 Å². The minimum atomic E-state index is -0.506. The molecule has 0 aliphatic heterocycles. The molecule has 0 radical (unpaired) electrons. The van der Waals surface area contributed by atoms with Gasteiger partial charge in [0.2, 0.25) is 0 Å². The Bertz CT molecular complexity index is 807. The number of nitrogen functional groups attached to an aromatic ring is 1. The van der Waals surface area contributed by atoms with Crippen LogP contribution in [0.1, 0.15) is 0 Å². The molecule has 6 heteroatoms. The number of H-pyrrole nitrogens is 1. The second kappa shape index (κ2) is 4.16. The number of aromatic amines is 1. The number of aromatic nitrogens is 1. The minimum absolute atomic E-state index is 0.306. The highest BCUT2D eigenvalue weighted by Crippen LogP contribution is 2.25. The number of benzene rings is 2. The Morgan fingerprint density at radius 2 is 2.05 bits per heavy atom. The number of halogens is 1. The highest BCUT2D eigenvalue weighted by atomic mass is 19.1. The fourth-order valence-electron chi connectivity index (χ4n) is 1.83. The summed E-state index contributed by atoms with van der Waals surface area (Å²) in [6.07, 6.45) is 0. The molecule has 96 valence electrons. The number of hydrogen-bond acceptors (Lipinski definition) is 4. The number of rotatable bonds is 2. The largest absolute Gasteiger partial charge is 0.417 e. The van der Waals surface area contributed by atoms with Gasteiger partial charge in [-0.15, -0.1) is 0 Å². The van der Waals surface area contributed by atoms with E-state index in [1.807, 2.05) is 0 Å². The van der Waals surface area contributed by atoms with E-state index in [1.165, 1.54) is 12.1 Å². The Morgan fingerprint density at radius 3 is 2.84 bits per heavy atom. The van der Waals surface area contributed by atoms with Gasteiger partial charge in [0.25, 0.3) is 0 Å². The summed E-state index contributed by atoms with van der Waals surface area (Å²) in [5.74, 6) is -0.897. The maximum absolute atomic E-state index is 12.9. The Kier molecular flexibility index (Phi) is 2.49. The number of oxazole rings is 1. The van der Waals surface area contributed by atoms with Gasteiger partial charge in [0.15, 0.2) is 5.58 Å². The van der Waals surface area contributed by atoms with Crippen LogP contribution in [0.25, 0.3) is 11.1 Å². The van der Waals surface area contributed by atoms with Gasteiger partial charge >= 0.3 is 5.76 Å². The third-order valence-electron chi connectivity index (χ3n) is 2.71. The molecular weight excluding hydrogens is 249 g/mol. The standard InChI is InChI=1S/C13H10FN3O2/c14-7-1-3-10(9(15)5-7)16-8-2-4-12-11(6-8)17-13(18)19-12/h1-6,16H,15H2,(H,17,18). The van der Waals surface area contributed by atoms with Gasteiger partial charge in [0.05, 0.1) is 16.9 Å². The van der Waals surface area contributed by atoms with Crippen molar-refractivity contribution in [2.45, 2.75) is 0 Å². The van der Waals surface area contributed by atoms with Gasteiger partial charge in [-0.25, -0.2) is 9.18 Å². The summed E-state index contributed by atoms with van der Waals surface area (Å²) >= 11 is 0. The minimum Gasteiger partial charge on any atom is -0.408 e. The van der Waals surface area contributed by atoms with Crippen molar-refractivity contribution in [1.29, 1.82) is 0 Å². The number of fused-ring (bicyclic) bond motifs is 1. The quantitative estimate of drug-likeness (QED) is 0.617. The molecule has 1 heterocycles. The molecule has 0 atom stereocenters. The molecule has 0 saturated carbocycles. The highest BCUT2D eigenvalue weighted by Gasteiger charge is 2.04. The molecule has 0 aliphatic carbocycles. The van der Waals surface area contributed by atoms with Crippen LogP contribution in [0.5, 0.6) is 0 Å². The van der Waals surface area contributed by atoms with E-state index in [0.29, 0.717) is 28.2 Å². The van der Waals surface area contributed by atoms with Crippen molar-refractivity contribution in [2.24, 2.45) is 0 Å². The molecule has 0 unspecified atom stereocenters. The molecule has 0 aliphatic rings. The van der Waals surface area contributed by atoms with E-state index in [0.717, 1.165) is 0 Å². The first kappa shape index (κ1) is 11.3. The van der Waals surface area contributed by atoms with E-state index in [2.05, 4.69) is 10.3 Å². The van der Waals surface area contributed by atoms with Gasteiger partial charge in [-0.1, -0.05) is 0 Å². The van der Waals surface area contributed by atoms with Crippen LogP contribution in [0.15, 0.2) is 45.6 Å². The van der Waals surface area contributed by atoms with Crippen LogP contribution in [0.4, 0.5) is 21.5 Å². The van der Waals surface area contributed by atoms with Crippen molar-refractivity contribution in [3.8, 4) is 0 Å². The first-order valence-electron chi connectivity index (χ1n) is 5.57. The first-order chi connectivity index (χ1) is 9.11. The summed E-state index contributed by atoms with van der Waals surface area (Å²) in [4.78, 5) is 13.6. The molecule has 5 nitrogen and oxygen atoms in total. The fraction of sp³-hybridized carbons (Fsp3) is 0. The predicted octanol–water partition coefficient (Wildman–Crippen LogP) is 2.59. The molecule has 3 aromatic rings. The molecule has 19 heavy (non-hydrogen) atoms. The molecular formula is C13H10FN3O2. The van der Waals surface area contributed by atoms with E-state index in [4.69, 9.17) is 10.2 Å². The van der Waals surface area contributed by atoms with E-state index in [-0.39, 0.29) is 0 Å². The first-order valence-corrected chi connectivity index (χ1v) is 5.57. The Balaban J connectivity index is 1.98. The Labute approximate surface area is 106 Å². The molecule has 0 bridgehead atoms. The maximum atomic E-state index is 12.9. The van der Waals surface area contributed by atoms with E-state index >= 15 is 0 Å². The van der Waals surface area contributed by atoms with E-state index < -0.39 is 11.6 Å². The van der Waals surface area contributed by atoms with Crippen molar-refractivity contribution < 1.29 is 8.81 Å². The zero-order chi connectivity index (χ0) is 13.4. The molecule has 4 N–H and O–H groups in total. The third kappa shape index (κ3) is 2.15. The highest BCUT2D eigenvalue weighted by molar-refractivity contribution is 5.80. The monoisotopic (exact) mass is 259 g/mol. The third-order valence-corrected chi connectivity index (χ3v) is 2.71. The van der Waals surface area contributed by atoms with Crippen LogP contribution < -0.4 is 16.8 Å². The summed E-state index contributed by atoms with van der Waals surface area (Å²) < 4.78 is 17.8. The topological polar surface area (TPSA) is 84.0 Å². The van der Waals surface area contributed by atoms with Gasteiger partial charge in [0.1, 0.15) is 5.82 Å². The van der Waals surface area contributed by atoms with Gasteiger partial charge in [-0.2, -0.15) is 0 Å². The van der Waals surface area contributed by atoms with Gasteiger partial charge in [0, 0.05) is 5.69 Å². The van der Waals surface area contributed by atoms with Crippen LogP contribution in [-0.2, 0) is 0 Å². The molecule has 0 fully saturated rings. The summed E-state index contributed by atoms with van der Waals surface area (Å²) in [7, 11) is 0. The average Bonchev–Trinajstić information content (AvgIpc) is 2.72. The maximum Gasteiger partial charge on any atom is 0.417 e. The van der Waals surface area contributed by atoms with Gasteiger partial charge < -0.3 is 15.5 Å². The van der Waals surface area contributed by atoms with Crippen molar-refractivity contribution in [3.63, 3.8) is 0 Å². The summed E-state index contributed by atoms with van der Waals surface area (Å²) in [5.41, 5.74) is 8.37. The van der Waals surface area contributed by atoms with Crippen LogP contribution in [0.2, 0.25) is 0 Å². The number of anilines is 3. The van der Waals surface area contributed by atoms with Crippen molar-refractivity contribution >= 4 is 28.2 Å². The zero-order valence-electron chi connectivity index (χ0n) is 9.74. The lowest BCUT2D eigenvalue weighted by Gasteiger charge is -2.09. The van der Waals surface area contributed by atoms with E-state index in [1.54, 1.807) is 24.3 Å². The second-order valence-electron chi connectivity index (χ2n) is 4.08. The number of nitrogens with one attached hydrogen (secondary N) is 2. The summed E-state index contributed by atoms with van der Waals surface area (Å²) in [6, 6.07) is 9.21. The molecule has 0 saturated heterocycles. The van der Waals surface area contributed by atoms with Crippen LogP contribution >= 0.6 is 0 Å². The molecule has 3 rings (SSSR count). The van der Waals surface area contributed by atoms with Crippen molar-refractivity contribution in [2.75, 3.05) is 11.1 Å². The SMILES string of the molecule is Nc1cc(F)ccc1Nc1ccc2oc(=O)[nH]c2c1. The van der Waals surface area contributed by atoms with Gasteiger partial charge in [-0.05, 0) is 36.4 Å². The normalized spacial score (nSPS) is 10.8. The Hall–Kier alpha value is -2.76. The number of nitrogens with two attached hydrogens (primary N) is 1. The molecule has 2 aromatic carbocycles. The number of hydrogen-bond donors (Lipinski definition) is 3. The van der Waals surface area contributed by atoms with Crippen molar-refractivity contribution in [1.82, 2.24) is 4.98 Å². The van der Waals surface area contributed by atoms with Crippen molar-refractivity contribution in [3.05, 3.63) is 52.8 Å². The summed E-state index contributed by atoms with van der Waals surface area (Å²) in [6.45, 7) is 0. The van der Waals surface area contributed by atoms with Crippen LogP contribution in [0.3, 0.4) is 0 Å². The lowest BCUT2D eigenvalue weighted by atomic mass is 10.2. The molecule has 0 spiro atoms. The molecule has 1 aromatic heterocycles. The second-order valence-corrected chi connectivity index (χ2v) is 4.08. The van der Waals surface area contributed by atoms with Crippen LogP contribution in [0, 0.1) is 5.82 Å². The predicted molar refractivity (Wildman–Crippen MR) is 70.9 cm³/mol. The zero-order valence-corrected chi connectivity index (χ0v) is 9.74. The average molecular weight is 259 g/mol.